The highest BCUT2D eigenvalue weighted by Crippen LogP contribution is 2.49. The van der Waals surface area contributed by atoms with Crippen molar-refractivity contribution in [2.75, 3.05) is 10.1 Å². The van der Waals surface area contributed by atoms with Crippen molar-refractivity contribution in [2.24, 2.45) is 0 Å². The van der Waals surface area contributed by atoms with Crippen LogP contribution in [0.5, 0.6) is 11.5 Å². The molecule has 2 aromatic carbocycles. The van der Waals surface area contributed by atoms with E-state index in [1.807, 2.05) is 34.4 Å². The molecule has 2 atom stereocenters. The summed E-state index contributed by atoms with van der Waals surface area (Å²) in [6, 6.07) is 11.0. The van der Waals surface area contributed by atoms with Crippen LogP contribution < -0.4 is 10.1 Å². The van der Waals surface area contributed by atoms with Gasteiger partial charge in [-0.2, -0.15) is 4.94 Å². The lowest BCUT2D eigenvalue weighted by Crippen LogP contribution is -2.57. The fourth-order valence-corrected chi connectivity index (χ4v) is 5.17. The molecule has 2 aliphatic heterocycles. The van der Waals surface area contributed by atoms with Gasteiger partial charge in [0.15, 0.2) is 0 Å². The van der Waals surface area contributed by atoms with E-state index < -0.39 is 0 Å². The van der Waals surface area contributed by atoms with Crippen LogP contribution in [0.3, 0.4) is 0 Å². The Hall–Kier alpha value is -2.40. The summed E-state index contributed by atoms with van der Waals surface area (Å²) in [4.78, 5) is 6.70. The third-order valence-electron chi connectivity index (χ3n) is 6.40. The van der Waals surface area contributed by atoms with E-state index in [0.717, 1.165) is 35.3 Å². The molecule has 2 aliphatic rings. The average molecular weight is 397 g/mol. The van der Waals surface area contributed by atoms with Crippen LogP contribution in [-0.2, 0) is 4.94 Å². The SMILES string of the molecule is CC1CC(C)(C)N(ON2c3ccc(O)cc3C(C)CC2(C)C)c2ccc(O)cc21. The van der Waals surface area contributed by atoms with Crippen molar-refractivity contribution < 1.29 is 15.2 Å². The number of phenols is 2. The summed E-state index contributed by atoms with van der Waals surface area (Å²) >= 11 is 0. The van der Waals surface area contributed by atoms with E-state index in [-0.39, 0.29) is 22.6 Å². The second-order valence-electron chi connectivity index (χ2n) is 9.99. The molecule has 2 N–H and O–H groups in total. The minimum absolute atomic E-state index is 0.223. The molecule has 2 unspecified atom stereocenters. The van der Waals surface area contributed by atoms with Gasteiger partial charge in [-0.3, -0.25) is 0 Å². The Morgan fingerprint density at radius 1 is 0.759 bits per heavy atom. The van der Waals surface area contributed by atoms with Crippen molar-refractivity contribution >= 4 is 11.4 Å². The van der Waals surface area contributed by atoms with Gasteiger partial charge in [0.05, 0.1) is 22.5 Å². The summed E-state index contributed by atoms with van der Waals surface area (Å²) in [6.45, 7) is 13.2. The van der Waals surface area contributed by atoms with Gasteiger partial charge < -0.3 is 10.2 Å². The van der Waals surface area contributed by atoms with Gasteiger partial charge in [0.1, 0.15) is 11.5 Å². The van der Waals surface area contributed by atoms with Crippen molar-refractivity contribution in [1.29, 1.82) is 0 Å². The van der Waals surface area contributed by atoms with E-state index in [1.165, 1.54) is 0 Å². The van der Waals surface area contributed by atoms with Gasteiger partial charge in [0.25, 0.3) is 0 Å². The van der Waals surface area contributed by atoms with E-state index >= 15 is 0 Å². The molecule has 0 amide bonds. The highest BCUT2D eigenvalue weighted by Gasteiger charge is 2.44. The molecular formula is C24H32N2O3. The Kier molecular flexibility index (Phi) is 4.50. The molecule has 4 rings (SSSR count). The highest BCUT2D eigenvalue weighted by atomic mass is 16.8. The van der Waals surface area contributed by atoms with Crippen LogP contribution in [-0.4, -0.2) is 21.3 Å². The first kappa shape index (κ1) is 19.9. The first-order valence-electron chi connectivity index (χ1n) is 10.4. The number of hydrogen-bond acceptors (Lipinski definition) is 5. The third-order valence-corrected chi connectivity index (χ3v) is 6.40. The number of aromatic hydroxyl groups is 2. The lowest BCUT2D eigenvalue weighted by atomic mass is 9.81. The summed E-state index contributed by atoms with van der Waals surface area (Å²) in [7, 11) is 0. The van der Waals surface area contributed by atoms with Crippen LogP contribution in [0.2, 0.25) is 0 Å². The average Bonchev–Trinajstić information content (AvgIpc) is 2.60. The first-order chi connectivity index (χ1) is 13.5. The van der Waals surface area contributed by atoms with Gasteiger partial charge >= 0.3 is 0 Å². The summed E-state index contributed by atoms with van der Waals surface area (Å²) in [6.07, 6.45) is 1.83. The molecule has 29 heavy (non-hydrogen) atoms. The molecule has 0 radical (unpaired) electrons. The fraction of sp³-hybridized carbons (Fsp3) is 0.500. The summed E-state index contributed by atoms with van der Waals surface area (Å²) in [5, 5.41) is 24.0. The number of rotatable bonds is 2. The van der Waals surface area contributed by atoms with Gasteiger partial charge in [-0.1, -0.05) is 13.8 Å². The van der Waals surface area contributed by atoms with Crippen LogP contribution in [0.4, 0.5) is 11.4 Å². The zero-order chi connectivity index (χ0) is 21.1. The monoisotopic (exact) mass is 396 g/mol. The second-order valence-corrected chi connectivity index (χ2v) is 9.99. The van der Waals surface area contributed by atoms with Crippen molar-refractivity contribution in [3.8, 4) is 11.5 Å². The van der Waals surface area contributed by atoms with Crippen LogP contribution in [0.1, 0.15) is 77.3 Å². The minimum atomic E-state index is -0.223. The lowest BCUT2D eigenvalue weighted by molar-refractivity contribution is -0.00729. The smallest absolute Gasteiger partial charge is 0.116 e. The van der Waals surface area contributed by atoms with Crippen LogP contribution in [0.15, 0.2) is 36.4 Å². The van der Waals surface area contributed by atoms with Crippen molar-refractivity contribution in [3.63, 3.8) is 0 Å². The lowest BCUT2D eigenvalue weighted by Gasteiger charge is -2.52. The largest absolute Gasteiger partial charge is 0.508 e. The van der Waals surface area contributed by atoms with Gasteiger partial charge in [-0.05, 0) is 99.9 Å². The van der Waals surface area contributed by atoms with E-state index in [9.17, 15) is 10.2 Å². The molecule has 0 bridgehead atoms. The Bertz CT molecular complexity index is 862. The predicted octanol–water partition coefficient (Wildman–Crippen LogP) is 5.83. The molecule has 2 heterocycles. The maximum absolute atomic E-state index is 10.0. The minimum Gasteiger partial charge on any atom is -0.508 e. The number of nitrogens with zero attached hydrogens (tertiary/aromatic N) is 2. The van der Waals surface area contributed by atoms with Crippen LogP contribution in [0, 0.1) is 0 Å². The number of hydroxylamine groups is 2. The predicted molar refractivity (Wildman–Crippen MR) is 116 cm³/mol. The fourth-order valence-electron chi connectivity index (χ4n) is 5.17. The number of fused-ring (bicyclic) bond motifs is 2. The zero-order valence-corrected chi connectivity index (χ0v) is 18.2. The van der Waals surface area contributed by atoms with Gasteiger partial charge in [0, 0.05) is 0 Å². The van der Waals surface area contributed by atoms with Crippen molar-refractivity contribution in [1.82, 2.24) is 0 Å². The second kappa shape index (κ2) is 6.56. The van der Waals surface area contributed by atoms with E-state index in [2.05, 4.69) is 41.5 Å². The van der Waals surface area contributed by atoms with Gasteiger partial charge in [-0.25, -0.2) is 10.1 Å². The first-order valence-corrected chi connectivity index (χ1v) is 10.4. The normalized spacial score (nSPS) is 24.8. The topological polar surface area (TPSA) is 56.2 Å². The van der Waals surface area contributed by atoms with Gasteiger partial charge in [0.2, 0.25) is 0 Å². The molecule has 0 saturated carbocycles. The van der Waals surface area contributed by atoms with Crippen LogP contribution in [0.25, 0.3) is 0 Å². The number of phenolic OH excluding ortho intramolecular Hbond substituents is 2. The molecule has 0 aliphatic carbocycles. The van der Waals surface area contributed by atoms with E-state index in [4.69, 9.17) is 4.94 Å². The molecule has 5 heteroatoms. The third kappa shape index (κ3) is 3.31. The van der Waals surface area contributed by atoms with Gasteiger partial charge in [-0.15, -0.1) is 0 Å². The quantitative estimate of drug-likeness (QED) is 0.669. The maximum atomic E-state index is 10.0. The summed E-state index contributed by atoms with van der Waals surface area (Å²) in [5.74, 6) is 1.21. The van der Waals surface area contributed by atoms with E-state index in [0.29, 0.717) is 11.8 Å². The van der Waals surface area contributed by atoms with Crippen molar-refractivity contribution in [2.45, 2.75) is 77.3 Å². The number of hydrogen-bond donors (Lipinski definition) is 2. The molecule has 0 aromatic heterocycles. The summed E-state index contributed by atoms with van der Waals surface area (Å²) in [5.41, 5.74) is 3.72. The summed E-state index contributed by atoms with van der Waals surface area (Å²) < 4.78 is 0. The standard InChI is InChI=1S/C24H32N2O3/c1-15-13-23(3,4)25(21-9-7-17(27)11-19(15)21)29-26-22-10-8-18(28)12-20(22)16(2)14-24(26,5)6/h7-12,15-16,27-28H,13-14H2,1-6H3. The molecule has 156 valence electrons. The Morgan fingerprint density at radius 2 is 1.14 bits per heavy atom. The Morgan fingerprint density at radius 3 is 1.52 bits per heavy atom. The van der Waals surface area contributed by atoms with Crippen molar-refractivity contribution in [3.05, 3.63) is 47.5 Å². The van der Waals surface area contributed by atoms with E-state index in [1.54, 1.807) is 12.1 Å². The van der Waals surface area contributed by atoms with Crippen LogP contribution >= 0.6 is 0 Å². The molecule has 0 spiro atoms. The molecular weight excluding hydrogens is 364 g/mol. The number of anilines is 2. The Balaban J connectivity index is 1.80. The highest BCUT2D eigenvalue weighted by molar-refractivity contribution is 5.62. The Labute approximate surface area is 173 Å². The maximum Gasteiger partial charge on any atom is 0.116 e. The molecule has 2 aromatic rings. The number of benzene rings is 2. The molecule has 0 saturated heterocycles. The zero-order valence-electron chi connectivity index (χ0n) is 18.2. The molecule has 5 nitrogen and oxygen atoms in total. The molecule has 0 fully saturated rings.